The van der Waals surface area contributed by atoms with Crippen molar-refractivity contribution in [3.8, 4) is 11.1 Å². The van der Waals surface area contributed by atoms with E-state index in [0.717, 1.165) is 44.9 Å². The van der Waals surface area contributed by atoms with Gasteiger partial charge in [0.05, 0.1) is 0 Å². The first-order valence-electron chi connectivity index (χ1n) is 18.6. The zero-order valence-electron chi connectivity index (χ0n) is 30.5. The molecule has 9 aromatic rings. The van der Waals surface area contributed by atoms with Crippen molar-refractivity contribution in [3.63, 3.8) is 0 Å². The molecule has 0 amide bonds. The van der Waals surface area contributed by atoms with Crippen molar-refractivity contribution in [2.24, 2.45) is 0 Å². The predicted octanol–water partition coefficient (Wildman–Crippen LogP) is 14.7. The fourth-order valence-corrected chi connectivity index (χ4v) is 8.76. The first-order chi connectivity index (χ1) is 26.8. The Morgan fingerprint density at radius 3 is 1.47 bits per heavy atom. The van der Waals surface area contributed by atoms with Gasteiger partial charge < -0.3 is 9.80 Å². The number of hydrogen-bond acceptors (Lipinski definition) is 2. The van der Waals surface area contributed by atoms with Crippen LogP contribution in [-0.4, -0.2) is 0 Å². The fraction of sp³-hybridized carbons (Fsp3) is 0.0588. The minimum atomic E-state index is -0.301. The average molecular weight is 715 g/mol. The van der Waals surface area contributed by atoms with E-state index in [1.165, 1.54) is 68.1 Å². The van der Waals surface area contributed by atoms with E-state index in [-0.39, 0.29) is 17.0 Å². The maximum atomic E-state index is 14.1. The van der Waals surface area contributed by atoms with Crippen molar-refractivity contribution < 1.29 is 8.78 Å². The van der Waals surface area contributed by atoms with Crippen molar-refractivity contribution in [2.45, 2.75) is 19.3 Å². The van der Waals surface area contributed by atoms with Gasteiger partial charge in [-0.25, -0.2) is 8.78 Å². The van der Waals surface area contributed by atoms with Crippen molar-refractivity contribution in [1.29, 1.82) is 0 Å². The van der Waals surface area contributed by atoms with Gasteiger partial charge in [-0.2, -0.15) is 0 Å². The number of benzene rings is 9. The zero-order valence-corrected chi connectivity index (χ0v) is 30.5. The van der Waals surface area contributed by atoms with Crippen LogP contribution in [0.3, 0.4) is 0 Å². The molecule has 0 radical (unpaired) electrons. The zero-order chi connectivity index (χ0) is 37.3. The molecule has 0 N–H and O–H groups in total. The van der Waals surface area contributed by atoms with Crippen molar-refractivity contribution in [2.75, 3.05) is 9.80 Å². The topological polar surface area (TPSA) is 6.48 Å². The molecule has 0 bridgehead atoms. The number of halogens is 2. The normalized spacial score (nSPS) is 12.9. The van der Waals surface area contributed by atoms with Crippen molar-refractivity contribution >= 4 is 66.4 Å². The van der Waals surface area contributed by atoms with Crippen LogP contribution >= 0.6 is 0 Å². The molecule has 10 rings (SSSR count). The van der Waals surface area contributed by atoms with Gasteiger partial charge in [-0.1, -0.05) is 86.6 Å². The molecule has 0 saturated heterocycles. The monoisotopic (exact) mass is 714 g/mol. The maximum absolute atomic E-state index is 14.1. The minimum absolute atomic E-state index is 0.259. The number of fused-ring (bicyclic) bond motifs is 9. The lowest BCUT2D eigenvalue weighted by Gasteiger charge is -2.28. The van der Waals surface area contributed by atoms with Crippen LogP contribution in [0.4, 0.5) is 42.9 Å². The van der Waals surface area contributed by atoms with Crippen LogP contribution in [0.25, 0.3) is 43.4 Å². The molecule has 0 aliphatic heterocycles. The molecule has 1 aliphatic rings. The minimum Gasteiger partial charge on any atom is -0.310 e. The van der Waals surface area contributed by atoms with E-state index in [1.807, 2.05) is 60.7 Å². The van der Waals surface area contributed by atoms with Crippen LogP contribution < -0.4 is 9.80 Å². The summed E-state index contributed by atoms with van der Waals surface area (Å²) < 4.78 is 28.2. The lowest BCUT2D eigenvalue weighted by atomic mass is 9.79. The van der Waals surface area contributed by atoms with Crippen LogP contribution in [0, 0.1) is 11.6 Å². The molecule has 0 saturated carbocycles. The maximum Gasteiger partial charge on any atom is 0.123 e. The molecule has 0 fully saturated rings. The van der Waals surface area contributed by atoms with Gasteiger partial charge >= 0.3 is 0 Å². The summed E-state index contributed by atoms with van der Waals surface area (Å²) in [4.78, 5) is 4.37. The average Bonchev–Trinajstić information content (AvgIpc) is 3.45. The lowest BCUT2D eigenvalue weighted by molar-refractivity contribution is 0.627. The van der Waals surface area contributed by atoms with Crippen LogP contribution in [0.1, 0.15) is 25.0 Å². The van der Waals surface area contributed by atoms with Crippen LogP contribution in [0.2, 0.25) is 0 Å². The Morgan fingerprint density at radius 2 is 0.873 bits per heavy atom. The lowest BCUT2D eigenvalue weighted by Crippen LogP contribution is -2.16. The van der Waals surface area contributed by atoms with Gasteiger partial charge in [-0.15, -0.1) is 0 Å². The summed E-state index contributed by atoms with van der Waals surface area (Å²) in [5.41, 5.74) is 10.7. The van der Waals surface area contributed by atoms with E-state index < -0.39 is 0 Å². The number of hydrogen-bond donors (Lipinski definition) is 0. The van der Waals surface area contributed by atoms with E-state index in [0.29, 0.717) is 0 Å². The molecule has 264 valence electrons. The molecule has 1 aliphatic carbocycles. The third-order valence-corrected chi connectivity index (χ3v) is 11.3. The van der Waals surface area contributed by atoms with Crippen molar-refractivity contribution in [3.05, 3.63) is 205 Å². The van der Waals surface area contributed by atoms with Crippen LogP contribution in [0.5, 0.6) is 0 Å². The largest absolute Gasteiger partial charge is 0.310 e. The highest BCUT2D eigenvalue weighted by Crippen LogP contribution is 2.56. The fourth-order valence-electron chi connectivity index (χ4n) is 8.76. The number of anilines is 6. The van der Waals surface area contributed by atoms with Gasteiger partial charge in [0, 0.05) is 39.5 Å². The Kier molecular flexibility index (Phi) is 7.57. The molecule has 55 heavy (non-hydrogen) atoms. The summed E-state index contributed by atoms with van der Waals surface area (Å²) in [5, 5.41) is 7.14. The first kappa shape index (κ1) is 32.8. The number of para-hydroxylation sites is 2. The van der Waals surface area contributed by atoms with Gasteiger partial charge in [0.1, 0.15) is 11.6 Å². The van der Waals surface area contributed by atoms with Gasteiger partial charge in [-0.05, 0) is 164 Å². The summed E-state index contributed by atoms with van der Waals surface area (Å²) in [6.45, 7) is 4.69. The van der Waals surface area contributed by atoms with Crippen LogP contribution in [-0.2, 0) is 5.41 Å². The Hall–Kier alpha value is -6.78. The number of nitrogens with zero attached hydrogens (tertiary/aromatic N) is 2. The molecular formula is C51H36F2N2. The molecule has 0 heterocycles. The van der Waals surface area contributed by atoms with Crippen molar-refractivity contribution in [1.82, 2.24) is 0 Å². The Bertz CT molecular complexity index is 2900. The molecule has 9 aromatic carbocycles. The Labute approximate surface area is 319 Å². The van der Waals surface area contributed by atoms with Crippen LogP contribution in [0.15, 0.2) is 182 Å². The summed E-state index contributed by atoms with van der Waals surface area (Å²) in [6, 6.07) is 60.7. The highest BCUT2D eigenvalue weighted by Gasteiger charge is 2.39. The first-order valence-corrected chi connectivity index (χ1v) is 18.6. The third-order valence-electron chi connectivity index (χ3n) is 11.3. The summed E-state index contributed by atoms with van der Waals surface area (Å²) in [5.74, 6) is -0.519. The molecule has 0 spiro atoms. The van der Waals surface area contributed by atoms with Gasteiger partial charge in [0.2, 0.25) is 0 Å². The SMILES string of the molecule is CC1(C)c2cc3cc(N(c4ccccc4)c4ccc(F)cc4)ccc3cc2-c2c1c1ccc(N(c3ccccc3)c3ccc(F)cc3)cc1c1ccccc21. The molecule has 0 unspecified atom stereocenters. The molecule has 0 aromatic heterocycles. The predicted molar refractivity (Wildman–Crippen MR) is 226 cm³/mol. The Morgan fingerprint density at radius 1 is 0.382 bits per heavy atom. The van der Waals surface area contributed by atoms with E-state index in [4.69, 9.17) is 0 Å². The molecule has 0 atom stereocenters. The second kappa shape index (κ2) is 12.7. The highest BCUT2D eigenvalue weighted by atomic mass is 19.1. The van der Waals surface area contributed by atoms with E-state index in [9.17, 15) is 8.78 Å². The van der Waals surface area contributed by atoms with Gasteiger partial charge in [-0.3, -0.25) is 0 Å². The quantitative estimate of drug-likeness (QED) is 0.158. The van der Waals surface area contributed by atoms with E-state index >= 15 is 0 Å². The van der Waals surface area contributed by atoms with Gasteiger partial charge in [0.15, 0.2) is 0 Å². The molecule has 4 heteroatoms. The number of rotatable bonds is 6. The third kappa shape index (κ3) is 5.36. The summed E-state index contributed by atoms with van der Waals surface area (Å²) in [6.07, 6.45) is 0. The summed E-state index contributed by atoms with van der Waals surface area (Å²) in [7, 11) is 0. The Balaban J connectivity index is 1.16. The van der Waals surface area contributed by atoms with E-state index in [2.05, 4.69) is 121 Å². The smallest absolute Gasteiger partial charge is 0.123 e. The van der Waals surface area contributed by atoms with Gasteiger partial charge in [0.25, 0.3) is 0 Å². The molecule has 2 nitrogen and oxygen atoms in total. The van der Waals surface area contributed by atoms with E-state index in [1.54, 1.807) is 0 Å². The second-order valence-electron chi connectivity index (χ2n) is 14.9. The molecular weight excluding hydrogens is 679 g/mol. The second-order valence-corrected chi connectivity index (χ2v) is 14.9. The summed E-state index contributed by atoms with van der Waals surface area (Å²) >= 11 is 0. The highest BCUT2D eigenvalue weighted by molar-refractivity contribution is 6.19. The standard InChI is InChI=1S/C51H36F2N2/c1-51(2)48-31-34-29-41(54(37-11-5-3-6-12-37)39-23-18-35(52)19-24-39)22-17-33(34)30-47(48)49-44-16-10-9-15-43(44)46-32-42(27-28-45(46)50(49)51)55(38-13-7-4-8-14-38)40-25-20-36(53)21-26-40/h3-32H,1-2H3.